The van der Waals surface area contributed by atoms with Crippen molar-refractivity contribution in [1.29, 1.82) is 0 Å². The summed E-state index contributed by atoms with van der Waals surface area (Å²) in [6, 6.07) is 0.671. The number of imidazole rings is 1. The van der Waals surface area contributed by atoms with Crippen LogP contribution in [0.25, 0.3) is 0 Å². The minimum absolute atomic E-state index is 0.671. The summed E-state index contributed by atoms with van der Waals surface area (Å²) in [7, 11) is 0. The standard InChI is InChI=1S/C9H15N3S/c1-7-4-8(6-13-7)12-5-9-10-2-3-11-9/h2-3,7-8,12H,4-6H2,1H3,(H,10,11). The van der Waals surface area contributed by atoms with E-state index in [-0.39, 0.29) is 0 Å². The van der Waals surface area contributed by atoms with E-state index in [1.54, 1.807) is 6.20 Å². The van der Waals surface area contributed by atoms with Crippen molar-refractivity contribution in [3.8, 4) is 0 Å². The molecule has 0 spiro atoms. The van der Waals surface area contributed by atoms with Crippen molar-refractivity contribution in [2.24, 2.45) is 0 Å². The second-order valence-electron chi connectivity index (χ2n) is 3.49. The van der Waals surface area contributed by atoms with Crippen LogP contribution in [0, 0.1) is 0 Å². The molecule has 0 radical (unpaired) electrons. The van der Waals surface area contributed by atoms with Gasteiger partial charge in [-0.2, -0.15) is 11.8 Å². The highest BCUT2D eigenvalue weighted by atomic mass is 32.2. The fourth-order valence-corrected chi connectivity index (χ4v) is 2.78. The molecule has 0 amide bonds. The molecule has 0 bridgehead atoms. The molecule has 1 aromatic heterocycles. The van der Waals surface area contributed by atoms with E-state index in [0.717, 1.165) is 17.6 Å². The summed E-state index contributed by atoms with van der Waals surface area (Å²) in [6.07, 6.45) is 4.94. The van der Waals surface area contributed by atoms with E-state index in [1.807, 2.05) is 18.0 Å². The van der Waals surface area contributed by atoms with Gasteiger partial charge in [-0.05, 0) is 6.42 Å². The van der Waals surface area contributed by atoms with Gasteiger partial charge in [0.15, 0.2) is 0 Å². The number of H-pyrrole nitrogens is 1. The first-order chi connectivity index (χ1) is 6.34. The fourth-order valence-electron chi connectivity index (χ4n) is 1.60. The summed E-state index contributed by atoms with van der Waals surface area (Å²) in [5, 5.41) is 4.31. The molecule has 13 heavy (non-hydrogen) atoms. The van der Waals surface area contributed by atoms with Gasteiger partial charge in [0.25, 0.3) is 0 Å². The molecule has 0 aromatic carbocycles. The number of rotatable bonds is 3. The number of nitrogens with zero attached hydrogens (tertiary/aromatic N) is 1. The van der Waals surface area contributed by atoms with E-state index in [9.17, 15) is 0 Å². The topological polar surface area (TPSA) is 40.7 Å². The Bertz CT molecular complexity index is 247. The normalized spacial score (nSPS) is 28.1. The van der Waals surface area contributed by atoms with Crippen molar-refractivity contribution in [3.63, 3.8) is 0 Å². The number of nitrogens with one attached hydrogen (secondary N) is 2. The lowest BCUT2D eigenvalue weighted by atomic mass is 10.2. The van der Waals surface area contributed by atoms with Gasteiger partial charge in [-0.15, -0.1) is 0 Å². The molecule has 2 unspecified atom stereocenters. The minimum Gasteiger partial charge on any atom is -0.348 e. The third kappa shape index (κ3) is 2.48. The van der Waals surface area contributed by atoms with Crippen molar-refractivity contribution in [2.75, 3.05) is 5.75 Å². The summed E-state index contributed by atoms with van der Waals surface area (Å²) in [5.74, 6) is 2.27. The van der Waals surface area contributed by atoms with E-state index in [1.165, 1.54) is 12.2 Å². The second-order valence-corrected chi connectivity index (χ2v) is 4.96. The number of thioether (sulfide) groups is 1. The number of hydrogen-bond acceptors (Lipinski definition) is 3. The molecule has 72 valence electrons. The first kappa shape index (κ1) is 9.09. The average molecular weight is 197 g/mol. The van der Waals surface area contributed by atoms with E-state index in [2.05, 4.69) is 22.2 Å². The second kappa shape index (κ2) is 4.15. The van der Waals surface area contributed by atoms with Crippen LogP contribution in [0.3, 0.4) is 0 Å². The Balaban J connectivity index is 1.74. The van der Waals surface area contributed by atoms with Gasteiger partial charge in [-0.25, -0.2) is 4.98 Å². The van der Waals surface area contributed by atoms with Crippen molar-refractivity contribution in [2.45, 2.75) is 31.2 Å². The van der Waals surface area contributed by atoms with E-state index >= 15 is 0 Å². The van der Waals surface area contributed by atoms with Crippen LogP contribution in [0.1, 0.15) is 19.2 Å². The Morgan fingerprint density at radius 1 is 1.77 bits per heavy atom. The maximum atomic E-state index is 4.17. The summed E-state index contributed by atoms with van der Waals surface area (Å²) in [5.41, 5.74) is 0. The first-order valence-electron chi connectivity index (χ1n) is 4.68. The summed E-state index contributed by atoms with van der Waals surface area (Å²) in [4.78, 5) is 7.26. The van der Waals surface area contributed by atoms with E-state index < -0.39 is 0 Å². The van der Waals surface area contributed by atoms with Crippen LogP contribution < -0.4 is 5.32 Å². The molecule has 2 N–H and O–H groups in total. The summed E-state index contributed by atoms with van der Waals surface area (Å²) in [6.45, 7) is 3.16. The third-order valence-corrected chi connectivity index (χ3v) is 3.67. The monoisotopic (exact) mass is 197 g/mol. The Morgan fingerprint density at radius 2 is 2.69 bits per heavy atom. The van der Waals surface area contributed by atoms with Crippen LogP contribution >= 0.6 is 11.8 Å². The zero-order chi connectivity index (χ0) is 9.10. The zero-order valence-corrected chi connectivity index (χ0v) is 8.60. The molecular formula is C9H15N3S. The quantitative estimate of drug-likeness (QED) is 0.769. The van der Waals surface area contributed by atoms with Gasteiger partial charge in [0, 0.05) is 29.4 Å². The first-order valence-corrected chi connectivity index (χ1v) is 5.72. The third-order valence-electron chi connectivity index (χ3n) is 2.31. The van der Waals surface area contributed by atoms with E-state index in [4.69, 9.17) is 0 Å². The molecule has 1 saturated heterocycles. The van der Waals surface area contributed by atoms with Gasteiger partial charge < -0.3 is 10.3 Å². The lowest BCUT2D eigenvalue weighted by Gasteiger charge is -2.09. The van der Waals surface area contributed by atoms with Crippen LogP contribution in [0.5, 0.6) is 0 Å². The maximum absolute atomic E-state index is 4.17. The predicted octanol–water partition coefficient (Wildman–Crippen LogP) is 1.39. The largest absolute Gasteiger partial charge is 0.348 e. The van der Waals surface area contributed by atoms with Crippen molar-refractivity contribution in [1.82, 2.24) is 15.3 Å². The molecule has 1 aliphatic heterocycles. The molecule has 3 nitrogen and oxygen atoms in total. The predicted molar refractivity (Wildman–Crippen MR) is 55.8 cm³/mol. The smallest absolute Gasteiger partial charge is 0.120 e. The summed E-state index contributed by atoms with van der Waals surface area (Å²) < 4.78 is 0. The molecule has 0 saturated carbocycles. The van der Waals surface area contributed by atoms with E-state index in [0.29, 0.717) is 6.04 Å². The lowest BCUT2D eigenvalue weighted by Crippen LogP contribution is -2.28. The van der Waals surface area contributed by atoms with Crippen LogP contribution in [-0.4, -0.2) is 27.0 Å². The number of aromatic nitrogens is 2. The van der Waals surface area contributed by atoms with Crippen molar-refractivity contribution < 1.29 is 0 Å². The fraction of sp³-hybridized carbons (Fsp3) is 0.667. The van der Waals surface area contributed by atoms with Crippen LogP contribution in [0.4, 0.5) is 0 Å². The summed E-state index contributed by atoms with van der Waals surface area (Å²) >= 11 is 2.05. The van der Waals surface area contributed by atoms with Gasteiger partial charge in [0.05, 0.1) is 6.54 Å². The Morgan fingerprint density at radius 3 is 3.31 bits per heavy atom. The zero-order valence-electron chi connectivity index (χ0n) is 7.79. The van der Waals surface area contributed by atoms with Gasteiger partial charge >= 0.3 is 0 Å². The van der Waals surface area contributed by atoms with Crippen molar-refractivity contribution in [3.05, 3.63) is 18.2 Å². The highest BCUT2D eigenvalue weighted by molar-refractivity contribution is 8.00. The Labute approximate surface area is 82.7 Å². The SMILES string of the molecule is CC1CC(NCc2ncc[nH]2)CS1. The molecule has 1 aromatic rings. The molecule has 1 fully saturated rings. The minimum atomic E-state index is 0.671. The van der Waals surface area contributed by atoms with Crippen LogP contribution in [0.15, 0.2) is 12.4 Å². The van der Waals surface area contributed by atoms with Crippen LogP contribution in [-0.2, 0) is 6.54 Å². The average Bonchev–Trinajstić information content (AvgIpc) is 2.71. The van der Waals surface area contributed by atoms with Gasteiger partial charge in [-0.1, -0.05) is 6.92 Å². The number of hydrogen-bond donors (Lipinski definition) is 2. The maximum Gasteiger partial charge on any atom is 0.120 e. The van der Waals surface area contributed by atoms with Crippen molar-refractivity contribution >= 4 is 11.8 Å². The Kier molecular flexibility index (Phi) is 2.90. The lowest BCUT2D eigenvalue weighted by molar-refractivity contribution is 0.529. The van der Waals surface area contributed by atoms with Gasteiger partial charge in [0.2, 0.25) is 0 Å². The molecule has 2 atom stereocenters. The van der Waals surface area contributed by atoms with Gasteiger partial charge in [0.1, 0.15) is 5.82 Å². The highest BCUT2D eigenvalue weighted by Gasteiger charge is 2.20. The van der Waals surface area contributed by atoms with Crippen LogP contribution in [0.2, 0.25) is 0 Å². The molecule has 2 rings (SSSR count). The number of aromatic amines is 1. The molecule has 2 heterocycles. The molecule has 4 heteroatoms. The molecule has 0 aliphatic carbocycles. The molecular weight excluding hydrogens is 182 g/mol. The van der Waals surface area contributed by atoms with Gasteiger partial charge in [-0.3, -0.25) is 0 Å². The Hall–Kier alpha value is -0.480. The highest BCUT2D eigenvalue weighted by Crippen LogP contribution is 2.25. The molecule has 1 aliphatic rings.